The molecule has 4 aromatic rings. The Bertz CT molecular complexity index is 2720. The Morgan fingerprint density at radius 3 is 0.822 bits per heavy atom. The van der Waals surface area contributed by atoms with E-state index in [1.807, 2.05) is 131 Å². The van der Waals surface area contributed by atoms with Gasteiger partial charge in [-0.15, -0.1) is 0 Å². The molecule has 0 spiro atoms. The molecule has 12 aliphatic heterocycles. The Kier molecular flexibility index (Phi) is 22.7. The van der Waals surface area contributed by atoms with E-state index in [1.54, 1.807) is 0 Å². The van der Waals surface area contributed by atoms with Gasteiger partial charge in [-0.05, 0) is 48.5 Å². The summed E-state index contributed by atoms with van der Waals surface area (Å²) in [6.45, 7) is 37.5. The first-order valence-electron chi connectivity index (χ1n) is 33.8. The number of rotatable bonds is 4. The summed E-state index contributed by atoms with van der Waals surface area (Å²) < 4.78 is 0.959. The van der Waals surface area contributed by atoms with Crippen molar-refractivity contribution in [2.75, 3.05) is 236 Å². The number of hydrogen-bond acceptors (Lipinski definition) is 16. The fourth-order valence-corrected chi connectivity index (χ4v) is 16.6. The quantitative estimate of drug-likeness (QED) is 0.291. The van der Waals surface area contributed by atoms with Crippen molar-refractivity contribution in [2.24, 2.45) is 0 Å². The van der Waals surface area contributed by atoms with Crippen LogP contribution in [-0.2, 0) is 0 Å². The van der Waals surface area contributed by atoms with Gasteiger partial charge < -0.3 is 20.4 Å². The van der Waals surface area contributed by atoms with Crippen LogP contribution in [-0.4, -0.2) is 352 Å². The molecule has 4 aromatic carbocycles. The lowest BCUT2D eigenvalue weighted by Crippen LogP contribution is -2.80. The van der Waals surface area contributed by atoms with E-state index in [1.165, 1.54) is 91.6 Å². The maximum Gasteiger partial charge on any atom is 0.347 e. The van der Waals surface area contributed by atoms with Crippen molar-refractivity contribution < 1.29 is 28.1 Å². The highest BCUT2D eigenvalue weighted by atomic mass is 80.9. The van der Waals surface area contributed by atoms with Crippen LogP contribution >= 0.6 is 28.3 Å². The summed E-state index contributed by atoms with van der Waals surface area (Å²) in [4.78, 5) is 83.3. The van der Waals surface area contributed by atoms with Gasteiger partial charge in [-0.1, -0.05) is 72.8 Å². The zero-order valence-corrected chi connectivity index (χ0v) is 56.1. The van der Waals surface area contributed by atoms with E-state index in [9.17, 15) is 19.2 Å². The second-order valence-electron chi connectivity index (χ2n) is 26.4. The van der Waals surface area contributed by atoms with Gasteiger partial charge in [0.05, 0.1) is 49.6 Å². The molecule has 2 unspecified atom stereocenters. The second-order valence-corrected chi connectivity index (χ2v) is 26.4. The Balaban J connectivity index is 0.000000122. The second kappa shape index (κ2) is 31.2. The SMILES string of the molecule is BrBr.C1CN2CCN3CCN4CCN1C2C43.C1CN2CCNCCN(CCN1)CC2.O=C(c1ccccc1)N1CCN2CCN(CC1)CCN(C(=O)c1ccccc1)CC2.O=C(c1ccccc1)[N+]12CCN3CC[N+]4(C(=O)c5ccccc5)CCN(CC1)C4C32. The first kappa shape index (κ1) is 65.6. The normalized spacial score (nSPS) is 31.9. The first-order valence-corrected chi connectivity index (χ1v) is 37.5. The fourth-order valence-electron chi connectivity index (χ4n) is 16.6. The van der Waals surface area contributed by atoms with E-state index in [0.29, 0.717) is 35.1 Å². The topological polar surface area (TPSA) is 131 Å². The van der Waals surface area contributed by atoms with E-state index in [2.05, 4.69) is 87.9 Å². The van der Waals surface area contributed by atoms with Crippen molar-refractivity contribution in [2.45, 2.75) is 24.7 Å². The minimum Gasteiger partial charge on any atom is -0.336 e. The number of fused-ring (bicyclic) bond motifs is 6. The number of hydrogen-bond donors (Lipinski definition) is 2. The molecule has 12 saturated heterocycles. The van der Waals surface area contributed by atoms with Crippen molar-refractivity contribution in [1.29, 1.82) is 0 Å². The van der Waals surface area contributed by atoms with Crippen molar-refractivity contribution in [3.05, 3.63) is 144 Å². The van der Waals surface area contributed by atoms with Crippen molar-refractivity contribution >= 4 is 51.9 Å². The summed E-state index contributed by atoms with van der Waals surface area (Å²) in [5.74, 6) is 0.661. The van der Waals surface area contributed by atoms with Gasteiger partial charge in [0.15, 0.2) is 0 Å². The monoisotopic (exact) mass is 1360 g/mol. The summed E-state index contributed by atoms with van der Waals surface area (Å²) >= 11 is 5.50. The summed E-state index contributed by atoms with van der Waals surface area (Å²) in [6, 6.07) is 38.6. The van der Waals surface area contributed by atoms with E-state index in [-0.39, 0.29) is 36.0 Å². The molecule has 90 heavy (non-hydrogen) atoms. The van der Waals surface area contributed by atoms with Gasteiger partial charge in [0.1, 0.15) is 26.2 Å². The number of nitrogens with zero attached hydrogens (tertiary/aromatic N) is 14. The Labute approximate surface area is 550 Å². The van der Waals surface area contributed by atoms with Gasteiger partial charge in [0.2, 0.25) is 12.3 Å². The van der Waals surface area contributed by atoms with Crippen molar-refractivity contribution in [1.82, 2.24) is 69.4 Å². The molecular formula is C68H98Br2N16O4+2. The molecule has 0 saturated carbocycles. The molecule has 0 aliphatic carbocycles. The van der Waals surface area contributed by atoms with Crippen molar-refractivity contribution in [3.8, 4) is 0 Å². The summed E-state index contributed by atoms with van der Waals surface area (Å²) in [7, 11) is 0. The third-order valence-corrected chi connectivity index (χ3v) is 21.7. The van der Waals surface area contributed by atoms with E-state index in [0.717, 1.165) is 152 Å². The minimum atomic E-state index is 0.0652. The summed E-state index contributed by atoms with van der Waals surface area (Å²) in [6.07, 6.45) is 1.60. The van der Waals surface area contributed by atoms with Crippen LogP contribution in [0.4, 0.5) is 0 Å². The van der Waals surface area contributed by atoms with Gasteiger partial charge in [-0.3, -0.25) is 48.8 Å². The highest BCUT2D eigenvalue weighted by Crippen LogP contribution is 2.45. The number of quaternary nitrogens is 2. The molecule has 486 valence electrons. The number of piperazine rings is 4. The smallest absolute Gasteiger partial charge is 0.336 e. The highest BCUT2D eigenvalue weighted by Gasteiger charge is 2.71. The van der Waals surface area contributed by atoms with Crippen LogP contribution in [0.25, 0.3) is 0 Å². The molecule has 12 aliphatic rings. The van der Waals surface area contributed by atoms with Gasteiger partial charge in [-0.2, -0.15) is 0 Å². The zero-order chi connectivity index (χ0) is 61.9. The summed E-state index contributed by atoms with van der Waals surface area (Å²) in [5, 5.41) is 7.00. The van der Waals surface area contributed by atoms with Gasteiger partial charge in [-0.25, -0.2) is 28.4 Å². The molecule has 12 fully saturated rings. The lowest BCUT2D eigenvalue weighted by Gasteiger charge is -2.54. The highest BCUT2D eigenvalue weighted by molar-refractivity contribution is 9.93. The zero-order valence-electron chi connectivity index (χ0n) is 53.0. The third kappa shape index (κ3) is 14.6. The lowest BCUT2D eigenvalue weighted by atomic mass is 10.0. The van der Waals surface area contributed by atoms with Crippen LogP contribution in [0.15, 0.2) is 121 Å². The molecule has 2 atom stereocenters. The van der Waals surface area contributed by atoms with Gasteiger partial charge in [0.25, 0.3) is 11.8 Å². The molecule has 0 aromatic heterocycles. The number of halogens is 2. The van der Waals surface area contributed by atoms with E-state index in [4.69, 9.17) is 0 Å². The Morgan fingerprint density at radius 1 is 0.300 bits per heavy atom. The average molecular weight is 1360 g/mol. The van der Waals surface area contributed by atoms with Gasteiger partial charge in [0, 0.05) is 223 Å². The number of carbonyl (C=O) groups is 4. The standard InChI is InChI=1S/C24H28N4O2.C24H30N4O2.C10H18N4.C10H22N4.Br2/c29-23(19-7-3-1-4-8-19)27-15-11-25-14-18-28(24(30)20-9-5-2-6-10-20)16-12-26(13-17-27)22(28)21(25)27;29-23(21-7-3-1-4-8-21)27-17-13-25-11-12-26(14-18-27)16-20-28(19-15-25)24(30)22-9-5-2-6-10-22;1-2-12-7-8-14-4-3-13-6-5-11(1)9(12)10(13)14;1-5-13-7-3-12-4-8-14(10-9-13)6-2-11-1;1-2/h1-10,21-22H,11-18H2;1-10H,11-20H2;9-10H,1-8H2;11-12H,1-10H2;/q+2;;;;. The number of carbonyl (C=O) groups excluding carboxylic acids is 4. The maximum atomic E-state index is 13.8. The Morgan fingerprint density at radius 2 is 0.544 bits per heavy atom. The van der Waals surface area contributed by atoms with Crippen LogP contribution in [0.5, 0.6) is 0 Å². The Hall–Kier alpha value is -4.44. The predicted molar refractivity (Wildman–Crippen MR) is 360 cm³/mol. The lowest BCUT2D eigenvalue weighted by molar-refractivity contribution is -0.956. The largest absolute Gasteiger partial charge is 0.347 e. The predicted octanol–water partition coefficient (Wildman–Crippen LogP) is 2.90. The van der Waals surface area contributed by atoms with Crippen LogP contribution in [0, 0.1) is 0 Å². The maximum absolute atomic E-state index is 13.8. The number of amides is 4. The van der Waals surface area contributed by atoms with Gasteiger partial charge >= 0.3 is 11.8 Å². The average Bonchev–Trinajstić information content (AvgIpc) is 1.51. The van der Waals surface area contributed by atoms with Crippen LogP contribution < -0.4 is 10.6 Å². The van der Waals surface area contributed by atoms with Crippen LogP contribution in [0.2, 0.25) is 0 Å². The molecular weight excluding hydrogens is 1260 g/mol. The molecule has 12 heterocycles. The molecule has 0 radical (unpaired) electrons. The molecule has 4 amide bonds. The molecule has 20 nitrogen and oxygen atoms in total. The first-order chi connectivity index (χ1) is 44.2. The van der Waals surface area contributed by atoms with Crippen LogP contribution in [0.1, 0.15) is 41.4 Å². The number of nitrogens with one attached hydrogen (secondary N) is 2. The minimum absolute atomic E-state index is 0.0652. The van der Waals surface area contributed by atoms with E-state index < -0.39 is 0 Å². The van der Waals surface area contributed by atoms with E-state index >= 15 is 0 Å². The molecule has 16 rings (SSSR count). The van der Waals surface area contributed by atoms with Crippen LogP contribution in [0.3, 0.4) is 0 Å². The van der Waals surface area contributed by atoms with Crippen molar-refractivity contribution in [3.63, 3.8) is 0 Å². The third-order valence-electron chi connectivity index (χ3n) is 21.7. The molecule has 4 bridgehead atoms. The summed E-state index contributed by atoms with van der Waals surface area (Å²) in [5.41, 5.74) is 3.09. The molecule has 22 heteroatoms. The fraction of sp³-hybridized carbons (Fsp3) is 0.588. The number of benzene rings is 4. The molecule has 2 N–H and O–H groups in total.